The molecule has 1 aliphatic carbocycles. The fourth-order valence-electron chi connectivity index (χ4n) is 2.36. The maximum absolute atomic E-state index is 14.0. The van der Waals surface area contributed by atoms with Crippen LogP contribution in [0, 0.1) is 6.92 Å². The van der Waals surface area contributed by atoms with Crippen LogP contribution in [0.15, 0.2) is 27.7 Å². The molecule has 19 heavy (non-hydrogen) atoms. The molecular weight excluding hydrogens is 251 g/mol. The number of halogens is 1. The number of allylic oxidation sites excluding steroid dienone is 1. The van der Waals surface area contributed by atoms with Gasteiger partial charge in [0, 0.05) is 24.8 Å². The zero-order valence-corrected chi connectivity index (χ0v) is 11.2. The highest BCUT2D eigenvalue weighted by Crippen LogP contribution is 2.39. The number of hydrogen-bond donors (Lipinski definition) is 1. The summed E-state index contributed by atoms with van der Waals surface area (Å²) in [5, 5.41) is 0. The van der Waals surface area contributed by atoms with Crippen LogP contribution >= 0.6 is 0 Å². The van der Waals surface area contributed by atoms with Crippen LogP contribution in [-0.4, -0.2) is 21.8 Å². The van der Waals surface area contributed by atoms with Gasteiger partial charge in [0.2, 0.25) is 0 Å². The van der Waals surface area contributed by atoms with E-state index in [9.17, 15) is 14.0 Å². The van der Waals surface area contributed by atoms with Crippen LogP contribution in [0.1, 0.15) is 31.9 Å². The van der Waals surface area contributed by atoms with Crippen molar-refractivity contribution in [1.82, 2.24) is 9.55 Å². The zero-order valence-electron chi connectivity index (χ0n) is 11.2. The minimum Gasteiger partial charge on any atom is -0.368 e. The summed E-state index contributed by atoms with van der Waals surface area (Å²) in [6, 6.07) is -0.445. The summed E-state index contributed by atoms with van der Waals surface area (Å²) in [6.45, 7) is 5.45. The molecule has 2 atom stereocenters. The van der Waals surface area contributed by atoms with E-state index in [-0.39, 0.29) is 5.83 Å². The largest absolute Gasteiger partial charge is 0.368 e. The Kier molecular flexibility index (Phi) is 3.45. The predicted molar refractivity (Wildman–Crippen MR) is 68.9 cm³/mol. The van der Waals surface area contributed by atoms with Gasteiger partial charge in [-0.1, -0.05) is 0 Å². The van der Waals surface area contributed by atoms with Gasteiger partial charge in [0.1, 0.15) is 11.4 Å². The Morgan fingerprint density at radius 2 is 2.26 bits per heavy atom. The lowest BCUT2D eigenvalue weighted by molar-refractivity contribution is -0.0137. The van der Waals surface area contributed by atoms with Gasteiger partial charge in [-0.05, 0) is 26.8 Å². The highest BCUT2D eigenvalue weighted by molar-refractivity contribution is 5.20. The smallest absolute Gasteiger partial charge is 0.328 e. The second-order valence-corrected chi connectivity index (χ2v) is 4.93. The van der Waals surface area contributed by atoms with Gasteiger partial charge in [-0.15, -0.1) is 0 Å². The lowest BCUT2D eigenvalue weighted by atomic mass is 10.0. The van der Waals surface area contributed by atoms with E-state index in [1.165, 1.54) is 16.8 Å². The molecule has 6 heteroatoms. The van der Waals surface area contributed by atoms with E-state index in [1.807, 2.05) is 0 Å². The Hall–Kier alpha value is -1.69. The summed E-state index contributed by atoms with van der Waals surface area (Å²) in [4.78, 5) is 25.3. The Morgan fingerprint density at radius 1 is 1.58 bits per heavy atom. The fourth-order valence-corrected chi connectivity index (χ4v) is 2.36. The summed E-state index contributed by atoms with van der Waals surface area (Å²) >= 11 is 0. The third kappa shape index (κ3) is 2.40. The lowest BCUT2D eigenvalue weighted by Gasteiger charge is -2.25. The van der Waals surface area contributed by atoms with Crippen LogP contribution in [0.25, 0.3) is 0 Å². The summed E-state index contributed by atoms with van der Waals surface area (Å²) < 4.78 is 20.7. The third-order valence-corrected chi connectivity index (χ3v) is 3.41. The van der Waals surface area contributed by atoms with E-state index >= 15 is 0 Å². The molecule has 0 spiro atoms. The van der Waals surface area contributed by atoms with Gasteiger partial charge in [-0.3, -0.25) is 14.3 Å². The molecule has 0 unspecified atom stereocenters. The van der Waals surface area contributed by atoms with Crippen molar-refractivity contribution in [3.63, 3.8) is 0 Å². The number of aromatic nitrogens is 2. The van der Waals surface area contributed by atoms with Gasteiger partial charge in [-0.25, -0.2) is 9.18 Å². The topological polar surface area (TPSA) is 64.1 Å². The minimum atomic E-state index is -0.997. The number of aryl methyl sites for hydroxylation is 1. The average Bonchev–Trinajstić information content (AvgIpc) is 2.61. The maximum Gasteiger partial charge on any atom is 0.328 e. The Morgan fingerprint density at radius 3 is 2.89 bits per heavy atom. The van der Waals surface area contributed by atoms with Gasteiger partial charge in [0.05, 0.1) is 6.04 Å². The molecule has 1 aromatic rings. The van der Waals surface area contributed by atoms with Crippen LogP contribution in [0.5, 0.6) is 0 Å². The highest BCUT2D eigenvalue weighted by atomic mass is 19.1. The highest BCUT2D eigenvalue weighted by Gasteiger charge is 2.40. The van der Waals surface area contributed by atoms with Crippen LogP contribution in [0.2, 0.25) is 0 Å². The van der Waals surface area contributed by atoms with Gasteiger partial charge in [0.15, 0.2) is 0 Å². The quantitative estimate of drug-likeness (QED) is 0.902. The molecule has 1 heterocycles. The van der Waals surface area contributed by atoms with Gasteiger partial charge in [-0.2, -0.15) is 0 Å². The second kappa shape index (κ2) is 4.77. The first-order chi connectivity index (χ1) is 8.87. The van der Waals surface area contributed by atoms with Crippen LogP contribution in [0.3, 0.4) is 0 Å². The van der Waals surface area contributed by atoms with E-state index in [1.54, 1.807) is 20.8 Å². The minimum absolute atomic E-state index is 0.331. The number of nitrogens with one attached hydrogen (secondary N) is 1. The molecule has 1 aromatic heterocycles. The Bertz CT molecular complexity index is 632. The number of hydrogen-bond acceptors (Lipinski definition) is 3. The van der Waals surface area contributed by atoms with Crippen molar-refractivity contribution >= 4 is 0 Å². The van der Waals surface area contributed by atoms with Gasteiger partial charge >= 0.3 is 5.69 Å². The maximum atomic E-state index is 14.0. The molecule has 0 aromatic carbocycles. The molecule has 2 rings (SSSR count). The van der Waals surface area contributed by atoms with Crippen LogP contribution in [-0.2, 0) is 4.74 Å². The Balaban J connectivity index is 2.39. The van der Waals surface area contributed by atoms with Crippen molar-refractivity contribution < 1.29 is 9.13 Å². The molecule has 0 saturated heterocycles. The fraction of sp³-hybridized carbons (Fsp3) is 0.538. The molecule has 0 fully saturated rings. The molecule has 5 nitrogen and oxygen atoms in total. The number of nitrogens with zero attached hydrogens (tertiary/aromatic N) is 1. The van der Waals surface area contributed by atoms with Crippen molar-refractivity contribution in [3.8, 4) is 0 Å². The van der Waals surface area contributed by atoms with Crippen LogP contribution in [0.4, 0.5) is 4.39 Å². The van der Waals surface area contributed by atoms with Gasteiger partial charge < -0.3 is 4.74 Å². The van der Waals surface area contributed by atoms with E-state index in [4.69, 9.17) is 4.74 Å². The second-order valence-electron chi connectivity index (χ2n) is 4.93. The van der Waals surface area contributed by atoms with Crippen LogP contribution < -0.4 is 11.2 Å². The molecule has 0 bridgehead atoms. The molecular formula is C13H17FN2O3. The van der Waals surface area contributed by atoms with Crippen molar-refractivity contribution in [1.29, 1.82) is 0 Å². The Labute approximate surface area is 109 Å². The summed E-state index contributed by atoms with van der Waals surface area (Å²) in [5.41, 5.74) is -1.54. The number of aromatic amines is 1. The molecule has 0 amide bonds. The summed E-state index contributed by atoms with van der Waals surface area (Å²) in [7, 11) is 0. The average molecular weight is 268 g/mol. The van der Waals surface area contributed by atoms with E-state index < -0.39 is 22.9 Å². The van der Waals surface area contributed by atoms with E-state index in [0.29, 0.717) is 18.6 Å². The monoisotopic (exact) mass is 268 g/mol. The molecule has 1 N–H and O–H groups in total. The van der Waals surface area contributed by atoms with Crippen molar-refractivity contribution in [2.45, 2.75) is 38.8 Å². The summed E-state index contributed by atoms with van der Waals surface area (Å²) in [6.07, 6.45) is 3.15. The SMILES string of the molecule is CCO[C@]1(C)C[C@H](n2cc(C)c(=O)[nH]c2=O)C=C1F. The normalized spacial score (nSPS) is 26.5. The molecule has 0 aliphatic heterocycles. The first kappa shape index (κ1) is 13.7. The predicted octanol–water partition coefficient (Wildman–Crippen LogP) is 1.44. The zero-order chi connectivity index (χ0) is 14.2. The molecule has 0 saturated carbocycles. The number of ether oxygens (including phenoxy) is 1. The van der Waals surface area contributed by atoms with E-state index in [0.717, 1.165) is 0 Å². The van der Waals surface area contributed by atoms with Crippen molar-refractivity contribution in [2.75, 3.05) is 6.61 Å². The first-order valence-electron chi connectivity index (χ1n) is 6.21. The van der Waals surface area contributed by atoms with E-state index in [2.05, 4.69) is 4.98 Å². The molecule has 0 radical (unpaired) electrons. The first-order valence-corrected chi connectivity index (χ1v) is 6.21. The third-order valence-electron chi connectivity index (χ3n) is 3.41. The van der Waals surface area contributed by atoms with Crippen molar-refractivity contribution in [3.05, 3.63) is 44.5 Å². The standard InChI is InChI=1S/C13H17FN2O3/c1-4-19-13(3)6-9(5-10(13)14)16-7-8(2)11(17)15-12(16)18/h5,7,9H,4,6H2,1-3H3,(H,15,17,18)/t9-,13-/m1/s1. The molecule has 1 aliphatic rings. The lowest BCUT2D eigenvalue weighted by Crippen LogP contribution is -2.34. The van der Waals surface area contributed by atoms with Crippen molar-refractivity contribution in [2.24, 2.45) is 0 Å². The molecule has 104 valence electrons. The summed E-state index contributed by atoms with van der Waals surface area (Å²) in [5.74, 6) is -0.380. The number of rotatable bonds is 3. The van der Waals surface area contributed by atoms with Gasteiger partial charge in [0.25, 0.3) is 5.56 Å². The number of H-pyrrole nitrogens is 1.